The fourth-order valence-corrected chi connectivity index (χ4v) is 5.20. The van der Waals surface area contributed by atoms with E-state index in [0.717, 1.165) is 6.92 Å². The fraction of sp³-hybridized carbons (Fsp3) is 0.333. The second-order valence-corrected chi connectivity index (χ2v) is 8.67. The minimum absolute atomic E-state index is 0. The van der Waals surface area contributed by atoms with Crippen molar-refractivity contribution in [1.29, 1.82) is 0 Å². The van der Waals surface area contributed by atoms with Gasteiger partial charge in [0.15, 0.2) is 21.8 Å². The molecule has 2 heterocycles. The van der Waals surface area contributed by atoms with Crippen LogP contribution in [0.5, 0.6) is 5.75 Å². The number of esters is 1. The van der Waals surface area contributed by atoms with Gasteiger partial charge in [0.05, 0.1) is 17.4 Å². The largest absolute Gasteiger partial charge is 1.00 e. The molecule has 0 saturated carbocycles. The number of benzene rings is 1. The van der Waals surface area contributed by atoms with Crippen molar-refractivity contribution in [3.05, 3.63) is 41.6 Å². The molecule has 2 aliphatic rings. The van der Waals surface area contributed by atoms with E-state index in [0.29, 0.717) is 10.6 Å². The van der Waals surface area contributed by atoms with E-state index in [9.17, 15) is 32.7 Å². The summed E-state index contributed by atoms with van der Waals surface area (Å²) < 4.78 is 35.2. The predicted molar refractivity (Wildman–Crippen MR) is 97.0 cm³/mol. The fourth-order valence-electron chi connectivity index (χ4n) is 3.19. The molecule has 3 rings (SSSR count). The first-order valence-electron chi connectivity index (χ1n) is 8.70. The molecular weight excluding hydrogens is 459 g/mol. The van der Waals surface area contributed by atoms with Crippen molar-refractivity contribution in [1.82, 2.24) is 10.2 Å². The molecule has 160 valence electrons. The summed E-state index contributed by atoms with van der Waals surface area (Å²) in [6.45, 7) is -0.0188. The molecule has 1 fully saturated rings. The Kier molecular flexibility index (Phi) is 8.41. The van der Waals surface area contributed by atoms with Gasteiger partial charge in [-0.2, -0.15) is 0 Å². The van der Waals surface area contributed by atoms with Crippen molar-refractivity contribution < 1.29 is 93.6 Å². The number of rotatable bonds is 7. The molecule has 1 N–H and O–H groups in total. The van der Waals surface area contributed by atoms with Gasteiger partial charge in [-0.05, 0) is 12.1 Å². The molecule has 13 heteroatoms. The quantitative estimate of drug-likeness (QED) is 0.230. The molecule has 1 saturated heterocycles. The number of hydrogen-bond donors (Lipinski definition) is 1. The van der Waals surface area contributed by atoms with Crippen LogP contribution in [0.4, 0.5) is 0 Å². The average Bonchev–Trinajstić information content (AvgIpc) is 2.68. The number of para-hydroxylation sites is 1. The summed E-state index contributed by atoms with van der Waals surface area (Å²) >= 11 is 0. The van der Waals surface area contributed by atoms with Crippen molar-refractivity contribution in [2.75, 3.05) is 19.0 Å². The Morgan fingerprint density at radius 1 is 1.23 bits per heavy atom. The number of hydrogen-bond acceptors (Lipinski definition) is 9. The van der Waals surface area contributed by atoms with Crippen LogP contribution in [0.3, 0.4) is 0 Å². The SMILES string of the molecule is CC(=O)OCC1=C(C(=O)[O-])N2C(=O)[C@@H](NC(=O)COc3ccccc3)[C@@H]2S(=O)(=O)C1.[K+]. The number of nitrogens with one attached hydrogen (secondary N) is 1. The zero-order valence-electron chi connectivity index (χ0n) is 16.7. The van der Waals surface area contributed by atoms with Crippen molar-refractivity contribution >= 4 is 33.6 Å². The van der Waals surface area contributed by atoms with Gasteiger partial charge in [-0.15, -0.1) is 0 Å². The molecule has 1 aromatic rings. The topological polar surface area (TPSA) is 159 Å². The zero-order valence-corrected chi connectivity index (χ0v) is 20.6. The first-order chi connectivity index (χ1) is 14.1. The van der Waals surface area contributed by atoms with Gasteiger partial charge in [0, 0.05) is 12.5 Å². The Morgan fingerprint density at radius 2 is 1.87 bits per heavy atom. The number of β-lactam (4-membered cyclic amide) rings is 1. The summed E-state index contributed by atoms with van der Waals surface area (Å²) in [6.07, 6.45) is 0. The first-order valence-corrected chi connectivity index (χ1v) is 10.4. The Morgan fingerprint density at radius 3 is 2.45 bits per heavy atom. The molecule has 0 aromatic heterocycles. The molecule has 2 amide bonds. The third-order valence-electron chi connectivity index (χ3n) is 4.43. The second kappa shape index (κ2) is 10.2. The van der Waals surface area contributed by atoms with Crippen molar-refractivity contribution in [3.8, 4) is 5.75 Å². The first kappa shape index (κ1) is 25.5. The summed E-state index contributed by atoms with van der Waals surface area (Å²) in [5.74, 6) is -4.59. The summed E-state index contributed by atoms with van der Waals surface area (Å²) in [7, 11) is -4.07. The third kappa shape index (κ3) is 5.53. The molecule has 0 radical (unpaired) electrons. The monoisotopic (exact) mass is 476 g/mol. The van der Waals surface area contributed by atoms with E-state index in [1.54, 1.807) is 30.3 Å². The van der Waals surface area contributed by atoms with E-state index in [4.69, 9.17) is 4.74 Å². The van der Waals surface area contributed by atoms with E-state index < -0.39 is 69.7 Å². The molecule has 0 bridgehead atoms. The number of carboxylic acid groups (broad SMARTS) is 1. The number of carbonyl (C=O) groups is 4. The molecule has 0 aliphatic carbocycles. The third-order valence-corrected chi connectivity index (χ3v) is 6.40. The Balaban J connectivity index is 0.00000341. The second-order valence-electron chi connectivity index (χ2n) is 6.57. The van der Waals surface area contributed by atoms with Crippen molar-refractivity contribution in [2.24, 2.45) is 0 Å². The number of fused-ring (bicyclic) bond motifs is 1. The van der Waals surface area contributed by atoms with E-state index in [1.807, 2.05) is 0 Å². The van der Waals surface area contributed by atoms with Gasteiger partial charge in [0.2, 0.25) is 0 Å². The van der Waals surface area contributed by atoms with E-state index in [1.165, 1.54) is 0 Å². The number of ether oxygens (including phenoxy) is 2. The molecular formula is C18H17KN2O9S. The molecule has 31 heavy (non-hydrogen) atoms. The van der Waals surface area contributed by atoms with E-state index >= 15 is 0 Å². The molecule has 1 aromatic carbocycles. The maximum absolute atomic E-state index is 12.6. The number of carboxylic acids is 1. The van der Waals surface area contributed by atoms with Crippen LogP contribution in [-0.4, -0.2) is 67.5 Å². The number of nitrogens with zero attached hydrogens (tertiary/aromatic N) is 1. The summed E-state index contributed by atoms with van der Waals surface area (Å²) in [5.41, 5.74) is -0.959. The van der Waals surface area contributed by atoms with Crippen LogP contribution in [0, 0.1) is 0 Å². The van der Waals surface area contributed by atoms with Crippen LogP contribution in [0.2, 0.25) is 0 Å². The van der Waals surface area contributed by atoms with Gasteiger partial charge in [-0.3, -0.25) is 19.3 Å². The van der Waals surface area contributed by atoms with Crippen LogP contribution in [0.25, 0.3) is 0 Å². The molecule has 0 unspecified atom stereocenters. The summed E-state index contributed by atoms with van der Waals surface area (Å²) in [6, 6.07) is 6.88. The maximum Gasteiger partial charge on any atom is 1.00 e. The number of carbonyl (C=O) groups excluding carboxylic acids is 4. The van der Waals surface area contributed by atoms with Gasteiger partial charge < -0.3 is 24.7 Å². The zero-order chi connectivity index (χ0) is 22.1. The van der Waals surface area contributed by atoms with Gasteiger partial charge in [-0.25, -0.2) is 8.42 Å². The molecule has 2 aliphatic heterocycles. The molecule has 0 spiro atoms. The number of amides is 2. The van der Waals surface area contributed by atoms with Gasteiger partial charge in [0.1, 0.15) is 18.4 Å². The van der Waals surface area contributed by atoms with E-state index in [2.05, 4.69) is 10.1 Å². The minimum atomic E-state index is -4.07. The van der Waals surface area contributed by atoms with E-state index in [-0.39, 0.29) is 57.0 Å². The Bertz CT molecular complexity index is 1040. The van der Waals surface area contributed by atoms with Crippen LogP contribution in [-0.2, 0) is 33.8 Å². The standard InChI is InChI=1S/C18H18N2O9S.K/c1-10(21)28-7-11-9-30(26,27)17-14(16(23)20(17)15(11)18(24)25)19-13(22)8-29-12-5-3-2-4-6-12;/h2-6,14,17H,7-9H2,1H3,(H,19,22)(H,24,25);/q;+1/p-1/t14-,17+;/m1./s1. The van der Waals surface area contributed by atoms with Crippen molar-refractivity contribution in [3.63, 3.8) is 0 Å². The molecule has 11 nitrogen and oxygen atoms in total. The maximum atomic E-state index is 12.6. The predicted octanol–water partition coefficient (Wildman–Crippen LogP) is -5.28. The summed E-state index contributed by atoms with van der Waals surface area (Å²) in [4.78, 5) is 47.6. The van der Waals surface area contributed by atoms with Crippen LogP contribution < -0.4 is 66.5 Å². The van der Waals surface area contributed by atoms with Crippen LogP contribution in [0.1, 0.15) is 6.92 Å². The molecule has 2 atom stereocenters. The van der Waals surface area contributed by atoms with Crippen molar-refractivity contribution in [2.45, 2.75) is 18.3 Å². The van der Waals surface area contributed by atoms with Crippen LogP contribution in [0.15, 0.2) is 41.6 Å². The average molecular weight is 477 g/mol. The summed E-state index contributed by atoms with van der Waals surface area (Å²) in [5, 5.41) is 12.2. The normalized spacial score (nSPS) is 21.2. The van der Waals surface area contributed by atoms with Gasteiger partial charge in [-0.1, -0.05) is 18.2 Å². The van der Waals surface area contributed by atoms with Gasteiger partial charge >= 0.3 is 57.4 Å². The Hall–Kier alpha value is -1.77. The number of sulfone groups is 1. The minimum Gasteiger partial charge on any atom is -0.543 e. The Labute approximate surface area is 220 Å². The number of aliphatic carboxylic acids is 1. The van der Waals surface area contributed by atoms with Crippen LogP contribution >= 0.6 is 0 Å². The van der Waals surface area contributed by atoms with Gasteiger partial charge in [0.25, 0.3) is 11.8 Å². The smallest absolute Gasteiger partial charge is 0.543 e.